The molecule has 11 nitrogen and oxygen atoms in total. The lowest BCUT2D eigenvalue weighted by Gasteiger charge is -2.45. The number of aromatic amines is 2. The maximum atomic E-state index is 13.5. The van der Waals surface area contributed by atoms with E-state index in [1.54, 1.807) is 17.0 Å². The van der Waals surface area contributed by atoms with E-state index in [0.717, 1.165) is 53.6 Å². The van der Waals surface area contributed by atoms with Crippen molar-refractivity contribution in [1.82, 2.24) is 25.5 Å². The Labute approximate surface area is 363 Å². The van der Waals surface area contributed by atoms with Crippen LogP contribution in [0, 0.1) is 11.6 Å². The van der Waals surface area contributed by atoms with E-state index in [-0.39, 0.29) is 34.5 Å². The van der Waals surface area contributed by atoms with Crippen molar-refractivity contribution in [2.75, 3.05) is 41.7 Å². The summed E-state index contributed by atoms with van der Waals surface area (Å²) in [6, 6.07) is 25.0. The van der Waals surface area contributed by atoms with Gasteiger partial charge in [0.05, 0.1) is 0 Å². The number of Topliss-reactive ketones (excluding diaryl/α,β-unsaturated/α-hetero) is 2. The molecule has 2 saturated heterocycles. The Balaban J connectivity index is 0.000000151. The van der Waals surface area contributed by atoms with Gasteiger partial charge >= 0.3 is 6.03 Å². The number of fused-ring (bicyclic) bond motifs is 4. The van der Waals surface area contributed by atoms with Crippen LogP contribution in [0.15, 0.2) is 97.3 Å². The first kappa shape index (κ1) is 41.4. The fourth-order valence-electron chi connectivity index (χ4n) is 8.54. The first-order chi connectivity index (χ1) is 29.5. The number of H-pyrrole nitrogens is 2. The third-order valence-corrected chi connectivity index (χ3v) is 11.8. The Bertz CT molecular complexity index is 2500. The summed E-state index contributed by atoms with van der Waals surface area (Å²) in [6.45, 7) is 4.06. The van der Waals surface area contributed by atoms with Crippen LogP contribution in [-0.4, -0.2) is 74.6 Å². The minimum Gasteiger partial charge on any atom is -0.378 e. The number of nitrogens with two attached hydrogens (primary N) is 1. The molecule has 2 fully saturated rings. The van der Waals surface area contributed by atoms with Crippen molar-refractivity contribution >= 4 is 73.4 Å². The molecule has 6 aromatic rings. The standard InChI is InChI=1S/C23H23FN4O2.C13H15FN2O.C9H10N2.CH3I/c24-17-3-4-19-18(12-17)21(29)13-23(27-19)6-9-28(10-7-23)22(30)26-14-15-1-2-16-5-8-25-20(16)11-15;14-9-1-2-11-10(7-9)12(17)8-13(16-11)3-5-15-6-4-13;10-6-7-1-2-8-3-4-11-9(8)5-7;1-2/h1-5,8,11-12,25,27H,6-7,9-10,13-14H2,(H,26,30);1-2,7,15-16H,3-6,8H2;1-5,11H,6,10H2;1H3/i;;;1D. The number of benzene rings is 4. The molecule has 2 amide bonds. The van der Waals surface area contributed by atoms with Crippen molar-refractivity contribution in [2.45, 2.75) is 62.7 Å². The minimum absolute atomic E-state index is 0.0409. The first-order valence-electron chi connectivity index (χ1n) is 20.8. The highest BCUT2D eigenvalue weighted by atomic mass is 127. The predicted octanol–water partition coefficient (Wildman–Crippen LogP) is 8.67. The van der Waals surface area contributed by atoms with Crippen molar-refractivity contribution in [3.63, 3.8) is 0 Å². The van der Waals surface area contributed by atoms with E-state index in [2.05, 4.69) is 55.5 Å². The fourth-order valence-corrected chi connectivity index (χ4v) is 8.54. The number of alkyl halides is 1. The number of rotatable bonds is 3. The lowest BCUT2D eigenvalue weighted by molar-refractivity contribution is 0.0911. The molecular formula is C46H51F2IN8O3. The van der Waals surface area contributed by atoms with Crippen LogP contribution in [0.1, 0.15) is 71.7 Å². The highest BCUT2D eigenvalue weighted by Gasteiger charge is 2.42. The van der Waals surface area contributed by atoms with Gasteiger partial charge in [-0.05, 0) is 126 Å². The second kappa shape index (κ2) is 18.9. The zero-order chi connectivity index (χ0) is 43.0. The second-order valence-corrected chi connectivity index (χ2v) is 15.8. The van der Waals surface area contributed by atoms with Crippen LogP contribution < -0.4 is 27.0 Å². The molecule has 14 heteroatoms. The molecule has 0 unspecified atom stereocenters. The molecule has 0 radical (unpaired) electrons. The quantitative estimate of drug-likeness (QED) is 0.0691. The van der Waals surface area contributed by atoms with E-state index >= 15 is 0 Å². The van der Waals surface area contributed by atoms with E-state index in [9.17, 15) is 23.2 Å². The Morgan fingerprint density at radius 3 is 1.78 bits per heavy atom. The summed E-state index contributed by atoms with van der Waals surface area (Å²) in [5.74, 6) is -0.733. The van der Waals surface area contributed by atoms with Crippen molar-refractivity contribution in [2.24, 2.45) is 5.73 Å². The molecule has 314 valence electrons. The van der Waals surface area contributed by atoms with Gasteiger partial charge in [0.15, 0.2) is 11.6 Å². The molecule has 0 saturated carbocycles. The van der Waals surface area contributed by atoms with Gasteiger partial charge in [0.2, 0.25) is 0 Å². The molecule has 4 aromatic carbocycles. The van der Waals surface area contributed by atoms with Gasteiger partial charge in [-0.2, -0.15) is 0 Å². The predicted molar refractivity (Wildman–Crippen MR) is 243 cm³/mol. The van der Waals surface area contributed by atoms with Gasteiger partial charge in [0, 0.05) is 97.4 Å². The number of ketones is 2. The largest absolute Gasteiger partial charge is 0.378 e. The smallest absolute Gasteiger partial charge is 0.317 e. The maximum absolute atomic E-state index is 13.5. The molecule has 0 bridgehead atoms. The number of piperidine rings is 2. The molecule has 60 heavy (non-hydrogen) atoms. The van der Waals surface area contributed by atoms with Crippen LogP contribution in [0.25, 0.3) is 21.8 Å². The SMILES string of the molecule is NCc1ccc2cc[nH]c2c1.O=C1CC2(CCN(C(=O)NCc3ccc4cc[nH]c4c3)CC2)Nc2ccc(F)cc21.O=C1CC2(CCNCC2)Nc2ccc(F)cc21.[2H]CI. The maximum Gasteiger partial charge on any atom is 0.317 e. The normalized spacial score (nSPS) is 17.3. The molecule has 6 heterocycles. The summed E-state index contributed by atoms with van der Waals surface area (Å²) in [5.41, 5.74) is 11.8. The number of anilines is 2. The molecule has 4 aliphatic rings. The van der Waals surface area contributed by atoms with Crippen molar-refractivity contribution in [3.05, 3.63) is 131 Å². The van der Waals surface area contributed by atoms with Gasteiger partial charge in [-0.1, -0.05) is 46.9 Å². The number of amides is 2. The third-order valence-electron chi connectivity index (χ3n) is 11.8. The molecular weight excluding hydrogens is 877 g/mol. The summed E-state index contributed by atoms with van der Waals surface area (Å²) >= 11 is 1.96. The van der Waals surface area contributed by atoms with Crippen LogP contribution in [0.2, 0.25) is 0 Å². The number of halogens is 3. The zero-order valence-corrected chi connectivity index (χ0v) is 35.5. The Kier molecular flexibility index (Phi) is 13.1. The van der Waals surface area contributed by atoms with Crippen molar-refractivity contribution in [1.29, 1.82) is 0 Å². The number of hydrogen-bond acceptors (Lipinski definition) is 7. The Morgan fingerprint density at radius 1 is 0.750 bits per heavy atom. The van der Waals surface area contributed by atoms with Gasteiger partial charge in [0.1, 0.15) is 11.6 Å². The molecule has 8 N–H and O–H groups in total. The van der Waals surface area contributed by atoms with E-state index in [0.29, 0.717) is 73.6 Å². The topological polar surface area (TPSA) is 160 Å². The summed E-state index contributed by atoms with van der Waals surface area (Å²) in [7, 11) is 0. The van der Waals surface area contributed by atoms with Gasteiger partial charge in [-0.3, -0.25) is 9.59 Å². The second-order valence-electron chi connectivity index (χ2n) is 15.8. The zero-order valence-electron chi connectivity index (χ0n) is 34.3. The number of likely N-dealkylation sites (tertiary alicyclic amines) is 1. The number of carbonyl (C=O) groups is 3. The number of urea groups is 1. The fraction of sp³-hybridized carbons (Fsp3) is 0.326. The van der Waals surface area contributed by atoms with Crippen LogP contribution in [0.5, 0.6) is 0 Å². The highest BCUT2D eigenvalue weighted by molar-refractivity contribution is 14.1. The van der Waals surface area contributed by atoms with Gasteiger partial charge in [0.25, 0.3) is 0 Å². The third kappa shape index (κ3) is 9.82. The van der Waals surface area contributed by atoms with Crippen molar-refractivity contribution in [3.8, 4) is 0 Å². The molecule has 0 atom stereocenters. The van der Waals surface area contributed by atoms with E-state index < -0.39 is 5.82 Å². The molecule has 0 aliphatic carbocycles. The monoisotopic (exact) mass is 929 g/mol. The number of aromatic nitrogens is 2. The lowest BCUT2D eigenvalue weighted by Crippen LogP contribution is -2.55. The first-order valence-corrected chi connectivity index (χ1v) is 21.7. The molecule has 2 spiro atoms. The minimum atomic E-state index is -0.401. The number of nitrogens with one attached hydrogen (secondary N) is 6. The number of hydrogen-bond donors (Lipinski definition) is 7. The van der Waals surface area contributed by atoms with Gasteiger partial charge in [-0.15, -0.1) is 0 Å². The lowest BCUT2D eigenvalue weighted by atomic mass is 9.78. The summed E-state index contributed by atoms with van der Waals surface area (Å²) < 4.78 is 32.8. The van der Waals surface area contributed by atoms with Gasteiger partial charge < -0.3 is 41.9 Å². The summed E-state index contributed by atoms with van der Waals surface area (Å²) in [4.78, 5) is 45.9. The molecule has 4 aliphatic heterocycles. The Hall–Kier alpha value is -5.32. The molecule has 2 aromatic heterocycles. The van der Waals surface area contributed by atoms with Crippen LogP contribution in [0.4, 0.5) is 25.0 Å². The summed E-state index contributed by atoms with van der Waals surface area (Å²) in [5, 5.41) is 15.6. The summed E-state index contributed by atoms with van der Waals surface area (Å²) in [6.07, 6.45) is 7.88. The average molecular weight is 930 g/mol. The van der Waals surface area contributed by atoms with Crippen molar-refractivity contribution < 1.29 is 24.5 Å². The Morgan fingerprint density at radius 2 is 1.25 bits per heavy atom. The van der Waals surface area contributed by atoms with E-state index in [1.165, 1.54) is 35.2 Å². The van der Waals surface area contributed by atoms with E-state index in [4.69, 9.17) is 7.10 Å². The van der Waals surface area contributed by atoms with Crippen LogP contribution in [0.3, 0.4) is 0 Å². The number of nitrogens with zero attached hydrogens (tertiary/aromatic N) is 1. The number of carbonyl (C=O) groups excluding carboxylic acids is 3. The average Bonchev–Trinajstić information content (AvgIpc) is 3.94. The van der Waals surface area contributed by atoms with Crippen LogP contribution >= 0.6 is 22.6 Å². The van der Waals surface area contributed by atoms with Gasteiger partial charge in [-0.25, -0.2) is 13.6 Å². The van der Waals surface area contributed by atoms with E-state index in [1.807, 2.05) is 59.3 Å². The highest BCUT2D eigenvalue weighted by Crippen LogP contribution is 2.38. The molecule has 10 rings (SSSR count). The van der Waals surface area contributed by atoms with Crippen LogP contribution in [-0.2, 0) is 13.1 Å².